The zero-order valence-electron chi connectivity index (χ0n) is 33.0. The summed E-state index contributed by atoms with van der Waals surface area (Å²) in [6, 6.07) is 18.7. The fourth-order valence-electron chi connectivity index (χ4n) is 7.92. The minimum absolute atomic E-state index is 0.191. The summed E-state index contributed by atoms with van der Waals surface area (Å²) in [5.74, 6) is 1.70. The highest BCUT2D eigenvalue weighted by Crippen LogP contribution is 2.39. The number of urea groups is 1. The van der Waals surface area contributed by atoms with Gasteiger partial charge in [0, 0.05) is 43.7 Å². The van der Waals surface area contributed by atoms with E-state index in [1.807, 2.05) is 47.0 Å². The Morgan fingerprint density at radius 1 is 1.00 bits per heavy atom. The Morgan fingerprint density at radius 3 is 2.53 bits per heavy atom. The lowest BCUT2D eigenvalue weighted by atomic mass is 9.85. The van der Waals surface area contributed by atoms with Crippen molar-refractivity contribution in [2.24, 2.45) is 0 Å². The van der Waals surface area contributed by atoms with Crippen LogP contribution in [0.25, 0.3) is 11.3 Å². The third-order valence-electron chi connectivity index (χ3n) is 10.9. The van der Waals surface area contributed by atoms with Gasteiger partial charge in [0.05, 0.1) is 36.8 Å². The third kappa shape index (κ3) is 9.21. The molecule has 2 aromatic carbocycles. The molecule has 2 fully saturated rings. The van der Waals surface area contributed by atoms with Gasteiger partial charge in [0.1, 0.15) is 23.5 Å². The lowest BCUT2D eigenvalue weighted by Gasteiger charge is -2.33. The smallest absolute Gasteiger partial charge is 0.320 e. The number of hydrogen-bond donors (Lipinski definition) is 3. The van der Waals surface area contributed by atoms with Crippen molar-refractivity contribution in [3.63, 3.8) is 0 Å². The number of benzene rings is 2. The summed E-state index contributed by atoms with van der Waals surface area (Å²) in [6.45, 7) is 12.7. The Labute approximate surface area is 332 Å². The van der Waals surface area contributed by atoms with Gasteiger partial charge in [-0.3, -0.25) is 19.4 Å². The number of ether oxygens (including phenoxy) is 2. The van der Waals surface area contributed by atoms with Crippen LogP contribution in [-0.4, -0.2) is 85.8 Å². The van der Waals surface area contributed by atoms with Crippen LogP contribution in [0.3, 0.4) is 0 Å². The van der Waals surface area contributed by atoms with Gasteiger partial charge in [-0.1, -0.05) is 45.0 Å². The van der Waals surface area contributed by atoms with Gasteiger partial charge in [-0.15, -0.1) is 10.2 Å². The van der Waals surface area contributed by atoms with E-state index in [9.17, 15) is 4.79 Å². The molecule has 1 aliphatic carbocycles. The van der Waals surface area contributed by atoms with Gasteiger partial charge in [0.15, 0.2) is 5.65 Å². The molecule has 3 N–H and O–H groups in total. The number of fused-ring (bicyclic) bond motifs is 2. The van der Waals surface area contributed by atoms with Crippen molar-refractivity contribution in [3.8, 4) is 11.4 Å². The molecule has 5 aromatic rings. The van der Waals surface area contributed by atoms with Crippen molar-refractivity contribution < 1.29 is 28.6 Å². The summed E-state index contributed by atoms with van der Waals surface area (Å²) < 4.78 is 30.9. The number of carbonyl (C=O) groups excluding carboxylic acids is 1. The van der Waals surface area contributed by atoms with Gasteiger partial charge in [0.2, 0.25) is 5.95 Å². The Morgan fingerprint density at radius 2 is 1.77 bits per heavy atom. The van der Waals surface area contributed by atoms with E-state index in [4.69, 9.17) is 24.5 Å². The number of pyridine rings is 1. The molecule has 0 unspecified atom stereocenters. The van der Waals surface area contributed by atoms with E-state index in [2.05, 4.69) is 70.5 Å². The molecule has 3 aromatic heterocycles. The van der Waals surface area contributed by atoms with Gasteiger partial charge >= 0.3 is 6.03 Å². The van der Waals surface area contributed by atoms with Crippen molar-refractivity contribution in [2.75, 3.05) is 43.1 Å². The highest BCUT2D eigenvalue weighted by atomic mass is 19.1. The van der Waals surface area contributed by atoms with Crippen LogP contribution in [0.4, 0.5) is 21.0 Å². The van der Waals surface area contributed by atoms with Crippen molar-refractivity contribution in [1.82, 2.24) is 34.6 Å². The maximum atomic E-state index is 15.1. The zero-order chi connectivity index (χ0) is 40.1. The summed E-state index contributed by atoms with van der Waals surface area (Å²) in [4.78, 5) is 26.7. The van der Waals surface area contributed by atoms with Gasteiger partial charge in [-0.25, -0.2) is 13.9 Å². The molecule has 57 heavy (non-hydrogen) atoms. The summed E-state index contributed by atoms with van der Waals surface area (Å²) in [6.07, 6.45) is 6.71. The number of anilines is 2. The molecule has 15 heteroatoms. The lowest BCUT2D eigenvalue weighted by Crippen LogP contribution is -2.38. The molecule has 0 spiro atoms. The summed E-state index contributed by atoms with van der Waals surface area (Å²) >= 11 is 0. The average Bonchev–Trinajstić information content (AvgIpc) is 3.81. The fourth-order valence-corrected chi connectivity index (χ4v) is 7.92. The SMILES string of the molecule is C[C@H]1CCCCN1c1nnc2ccc(O[C@@H]3CC[C@H](NC(=O)Nc4cc(C(C)(C)C)nn4-c4cc(F)cc(CN5CCOCC5)c4)c4ccccc43)cn12.O=CO. The first-order valence-corrected chi connectivity index (χ1v) is 19.7. The molecule has 302 valence electrons. The van der Waals surface area contributed by atoms with Crippen LogP contribution in [-0.2, 0) is 21.5 Å². The van der Waals surface area contributed by atoms with Crippen LogP contribution in [0.1, 0.15) is 94.3 Å². The van der Waals surface area contributed by atoms with Gasteiger partial charge < -0.3 is 24.8 Å². The molecule has 3 atom stereocenters. The van der Waals surface area contributed by atoms with Crippen molar-refractivity contribution in [1.29, 1.82) is 0 Å². The minimum Gasteiger partial charge on any atom is -0.484 e. The maximum Gasteiger partial charge on any atom is 0.320 e. The minimum atomic E-state index is -0.363. The molecule has 0 saturated carbocycles. The van der Waals surface area contributed by atoms with E-state index < -0.39 is 0 Å². The molecule has 0 bridgehead atoms. The monoisotopic (exact) mass is 781 g/mol. The van der Waals surface area contributed by atoms with E-state index in [0.717, 1.165) is 72.2 Å². The van der Waals surface area contributed by atoms with Crippen molar-refractivity contribution in [2.45, 2.75) is 89.9 Å². The van der Waals surface area contributed by atoms with Crippen molar-refractivity contribution >= 4 is 29.9 Å². The molecule has 3 aliphatic rings. The van der Waals surface area contributed by atoms with E-state index in [0.29, 0.717) is 50.1 Å². The van der Waals surface area contributed by atoms with Crippen molar-refractivity contribution in [3.05, 3.63) is 95.1 Å². The fraction of sp³-hybridized carbons (Fsp3) is 0.452. The van der Waals surface area contributed by atoms with E-state index in [1.54, 1.807) is 10.7 Å². The highest BCUT2D eigenvalue weighted by molar-refractivity contribution is 5.89. The van der Waals surface area contributed by atoms with Crippen LogP contribution in [0.15, 0.2) is 66.9 Å². The van der Waals surface area contributed by atoms with Crippen LogP contribution < -0.4 is 20.3 Å². The number of hydrogen-bond acceptors (Lipinski definition) is 9. The zero-order valence-corrected chi connectivity index (χ0v) is 33.0. The predicted octanol–water partition coefficient (Wildman–Crippen LogP) is 7.04. The van der Waals surface area contributed by atoms with E-state index in [1.165, 1.54) is 12.5 Å². The first kappa shape index (κ1) is 39.7. The van der Waals surface area contributed by atoms with Crippen LogP contribution in [0.5, 0.6) is 5.75 Å². The first-order valence-electron chi connectivity index (χ1n) is 19.7. The molecule has 8 rings (SSSR count). The number of carboxylic acid groups (broad SMARTS) is 1. The molecule has 2 saturated heterocycles. The number of carbonyl (C=O) groups is 2. The second-order valence-electron chi connectivity index (χ2n) is 16.0. The molecule has 14 nitrogen and oxygen atoms in total. The Hall–Kier alpha value is -5.54. The molecular formula is C42H52FN9O5. The second kappa shape index (κ2) is 17.3. The summed E-state index contributed by atoms with van der Waals surface area (Å²) in [5, 5.41) is 27.0. The Bertz CT molecular complexity index is 2180. The number of piperidine rings is 1. The standard InChI is InChI=1S/C41H50FN9O3.CH2O2/c1-27-9-7-8-16-49(27)40-46-45-37-15-12-31(26-50(37)40)54-35-14-13-34(32-10-5-6-11-33(32)35)43-39(52)44-38-24-36(41(2,3)4)47-51(38)30-22-28(21-29(42)23-30)25-48-17-19-53-20-18-48;2-1-3/h5-6,10-12,15,21-24,26-27,34-35H,7-9,13-14,16-20,25H2,1-4H3,(H2,43,44,52);1H,(H,2,3)/t27-,34-,35+;/m0./s1. The molecule has 2 amide bonds. The quantitative estimate of drug-likeness (QED) is 0.140. The van der Waals surface area contributed by atoms with Crippen LogP contribution in [0, 0.1) is 5.82 Å². The Balaban J connectivity index is 0.00000160. The molecule has 2 aliphatic heterocycles. The van der Waals surface area contributed by atoms with Crippen LogP contribution in [0.2, 0.25) is 0 Å². The number of morpholine rings is 1. The molecular weight excluding hydrogens is 730 g/mol. The number of rotatable bonds is 8. The summed E-state index contributed by atoms with van der Waals surface area (Å²) in [5.41, 5.74) is 4.71. The number of nitrogens with zero attached hydrogens (tertiary/aromatic N) is 7. The third-order valence-corrected chi connectivity index (χ3v) is 10.9. The lowest BCUT2D eigenvalue weighted by molar-refractivity contribution is -0.122. The predicted molar refractivity (Wildman–Crippen MR) is 215 cm³/mol. The topological polar surface area (TPSA) is 151 Å². The average molecular weight is 782 g/mol. The normalized spacial score (nSPS) is 19.9. The number of nitrogens with one attached hydrogen (secondary N) is 2. The maximum absolute atomic E-state index is 15.1. The summed E-state index contributed by atoms with van der Waals surface area (Å²) in [7, 11) is 0. The molecule has 5 heterocycles. The number of halogens is 1. The number of amides is 2. The first-order chi connectivity index (χ1) is 27.5. The van der Waals surface area contributed by atoms with Gasteiger partial charge in [-0.05, 0) is 86.1 Å². The largest absolute Gasteiger partial charge is 0.484 e. The number of aromatic nitrogens is 5. The van der Waals surface area contributed by atoms with E-state index in [-0.39, 0.29) is 35.9 Å². The van der Waals surface area contributed by atoms with E-state index >= 15 is 4.39 Å². The van der Waals surface area contributed by atoms with Gasteiger partial charge in [-0.2, -0.15) is 5.10 Å². The van der Waals surface area contributed by atoms with Gasteiger partial charge in [0.25, 0.3) is 6.47 Å². The van der Waals surface area contributed by atoms with Crippen LogP contribution >= 0.6 is 0 Å². The second-order valence-corrected chi connectivity index (χ2v) is 16.0. The highest BCUT2D eigenvalue weighted by Gasteiger charge is 2.31. The Kier molecular flexibility index (Phi) is 12.0. The molecule has 0 radical (unpaired) electrons.